The number of nitrogens with zero attached hydrogens (tertiary/aromatic N) is 1. The number of anilines is 2. The smallest absolute Gasteiger partial charge is 0.313 e. The van der Waals surface area contributed by atoms with Crippen molar-refractivity contribution < 1.29 is 19.1 Å². The summed E-state index contributed by atoms with van der Waals surface area (Å²) in [6.07, 6.45) is 1.39. The average molecular weight is 395 g/mol. The average Bonchev–Trinajstić information content (AvgIpc) is 2.71. The maximum Gasteiger partial charge on any atom is 0.313 e. The van der Waals surface area contributed by atoms with Crippen LogP contribution in [0.15, 0.2) is 48.5 Å². The number of amides is 3. The van der Waals surface area contributed by atoms with Gasteiger partial charge in [-0.25, -0.2) is 0 Å². The number of benzene rings is 2. The van der Waals surface area contributed by atoms with Gasteiger partial charge in [0.2, 0.25) is 5.91 Å². The minimum Gasteiger partial charge on any atom is -0.490 e. The molecule has 3 amide bonds. The predicted octanol–water partition coefficient (Wildman–Crippen LogP) is 2.96. The number of aryl methyl sites for hydroxylation is 1. The molecule has 0 aromatic heterocycles. The Labute approximate surface area is 170 Å². The van der Waals surface area contributed by atoms with Gasteiger partial charge in [0, 0.05) is 44.2 Å². The summed E-state index contributed by atoms with van der Waals surface area (Å²) >= 11 is 0. The number of likely N-dealkylation sites (tertiary alicyclic amines) is 1. The Morgan fingerprint density at radius 3 is 2.00 bits per heavy atom. The van der Waals surface area contributed by atoms with E-state index in [1.165, 1.54) is 12.5 Å². The summed E-state index contributed by atoms with van der Waals surface area (Å²) in [6, 6.07) is 14.5. The van der Waals surface area contributed by atoms with Gasteiger partial charge >= 0.3 is 11.8 Å². The van der Waals surface area contributed by atoms with Crippen molar-refractivity contribution in [2.75, 3.05) is 23.7 Å². The fourth-order valence-corrected chi connectivity index (χ4v) is 3.15. The van der Waals surface area contributed by atoms with E-state index in [1.54, 1.807) is 29.2 Å². The standard InChI is InChI=1S/C22H25N3O4/c1-15-3-9-19(10-4-15)29-20-11-13-25(14-12-20)22(28)21(27)24-18-7-5-17(6-8-18)23-16(2)26/h3-10,20H,11-14H2,1-2H3,(H,23,26)(H,24,27). The lowest BCUT2D eigenvalue weighted by molar-refractivity contribution is -0.144. The number of hydrogen-bond donors (Lipinski definition) is 2. The molecule has 1 saturated heterocycles. The third kappa shape index (κ3) is 5.81. The van der Waals surface area contributed by atoms with Gasteiger partial charge in [-0.2, -0.15) is 0 Å². The Bertz CT molecular complexity index is 870. The lowest BCUT2D eigenvalue weighted by Gasteiger charge is -2.31. The lowest BCUT2D eigenvalue weighted by Crippen LogP contribution is -2.46. The highest BCUT2D eigenvalue weighted by Crippen LogP contribution is 2.20. The van der Waals surface area contributed by atoms with Gasteiger partial charge in [0.05, 0.1) is 0 Å². The van der Waals surface area contributed by atoms with E-state index in [-0.39, 0.29) is 12.0 Å². The Morgan fingerprint density at radius 1 is 0.897 bits per heavy atom. The van der Waals surface area contributed by atoms with Gasteiger partial charge in [0.15, 0.2) is 0 Å². The molecule has 0 atom stereocenters. The van der Waals surface area contributed by atoms with E-state index in [9.17, 15) is 14.4 Å². The lowest BCUT2D eigenvalue weighted by atomic mass is 10.1. The van der Waals surface area contributed by atoms with Crippen molar-refractivity contribution in [1.29, 1.82) is 0 Å². The fourth-order valence-electron chi connectivity index (χ4n) is 3.15. The molecule has 7 nitrogen and oxygen atoms in total. The predicted molar refractivity (Wildman–Crippen MR) is 111 cm³/mol. The Balaban J connectivity index is 1.47. The summed E-state index contributed by atoms with van der Waals surface area (Å²) in [5.74, 6) is -0.576. The maximum absolute atomic E-state index is 12.4. The number of nitrogens with one attached hydrogen (secondary N) is 2. The van der Waals surface area contributed by atoms with Crippen LogP contribution in [0.25, 0.3) is 0 Å². The number of ether oxygens (including phenoxy) is 1. The molecule has 1 fully saturated rings. The molecule has 0 unspecified atom stereocenters. The molecule has 1 aliphatic heterocycles. The monoisotopic (exact) mass is 395 g/mol. The summed E-state index contributed by atoms with van der Waals surface area (Å²) in [5.41, 5.74) is 2.29. The van der Waals surface area contributed by atoms with Gasteiger partial charge in [-0.1, -0.05) is 17.7 Å². The second-order valence-corrected chi connectivity index (χ2v) is 7.14. The third-order valence-corrected chi connectivity index (χ3v) is 4.71. The first-order valence-corrected chi connectivity index (χ1v) is 9.62. The van der Waals surface area contributed by atoms with Gasteiger partial charge in [-0.05, 0) is 43.3 Å². The van der Waals surface area contributed by atoms with Gasteiger partial charge in [0.1, 0.15) is 11.9 Å². The van der Waals surface area contributed by atoms with Gasteiger partial charge < -0.3 is 20.3 Å². The van der Waals surface area contributed by atoms with Crippen LogP contribution in [0, 0.1) is 6.92 Å². The molecule has 1 heterocycles. The molecule has 3 rings (SSSR count). The van der Waals surface area contributed by atoms with Crippen molar-refractivity contribution in [2.45, 2.75) is 32.8 Å². The zero-order valence-electron chi connectivity index (χ0n) is 16.6. The van der Waals surface area contributed by atoms with E-state index in [4.69, 9.17) is 4.74 Å². The molecule has 0 radical (unpaired) electrons. The largest absolute Gasteiger partial charge is 0.490 e. The maximum atomic E-state index is 12.4. The molecule has 2 aromatic carbocycles. The second kappa shape index (κ2) is 9.23. The first-order valence-electron chi connectivity index (χ1n) is 9.62. The number of hydrogen-bond acceptors (Lipinski definition) is 4. The summed E-state index contributed by atoms with van der Waals surface area (Å²) < 4.78 is 5.96. The Hall–Kier alpha value is -3.35. The van der Waals surface area contributed by atoms with Crippen LogP contribution in [0.1, 0.15) is 25.3 Å². The number of rotatable bonds is 4. The van der Waals surface area contributed by atoms with Crippen LogP contribution >= 0.6 is 0 Å². The minimum absolute atomic E-state index is 0.0335. The van der Waals surface area contributed by atoms with Gasteiger partial charge in [-0.15, -0.1) is 0 Å². The van der Waals surface area contributed by atoms with Crippen molar-refractivity contribution in [1.82, 2.24) is 4.90 Å². The van der Waals surface area contributed by atoms with Crippen LogP contribution in [0.2, 0.25) is 0 Å². The van der Waals surface area contributed by atoms with Crippen molar-refractivity contribution in [2.24, 2.45) is 0 Å². The van der Waals surface area contributed by atoms with E-state index in [1.807, 2.05) is 31.2 Å². The van der Waals surface area contributed by atoms with E-state index in [2.05, 4.69) is 10.6 Å². The molecule has 0 spiro atoms. The molecule has 0 bridgehead atoms. The van der Waals surface area contributed by atoms with Crippen LogP contribution in [-0.2, 0) is 14.4 Å². The highest BCUT2D eigenvalue weighted by atomic mass is 16.5. The first kappa shape index (κ1) is 20.4. The fraction of sp³-hybridized carbons (Fsp3) is 0.318. The van der Waals surface area contributed by atoms with Crippen LogP contribution < -0.4 is 15.4 Å². The molecule has 7 heteroatoms. The number of carbonyl (C=O) groups excluding carboxylic acids is 3. The molecule has 0 aliphatic carbocycles. The summed E-state index contributed by atoms with van der Waals surface area (Å²) in [4.78, 5) is 37.3. The summed E-state index contributed by atoms with van der Waals surface area (Å²) in [6.45, 7) is 4.40. The zero-order chi connectivity index (χ0) is 20.8. The van der Waals surface area contributed by atoms with Crippen molar-refractivity contribution in [3.8, 4) is 5.75 Å². The molecule has 29 heavy (non-hydrogen) atoms. The quantitative estimate of drug-likeness (QED) is 0.779. The van der Waals surface area contributed by atoms with Gasteiger partial charge in [0.25, 0.3) is 0 Å². The normalized spacial score (nSPS) is 14.2. The van der Waals surface area contributed by atoms with Crippen LogP contribution in [0.4, 0.5) is 11.4 Å². The van der Waals surface area contributed by atoms with E-state index in [0.29, 0.717) is 37.3 Å². The van der Waals surface area contributed by atoms with E-state index >= 15 is 0 Å². The zero-order valence-corrected chi connectivity index (χ0v) is 16.6. The van der Waals surface area contributed by atoms with Crippen LogP contribution in [0.3, 0.4) is 0 Å². The summed E-state index contributed by atoms with van der Waals surface area (Å²) in [5, 5.41) is 5.25. The number of carbonyl (C=O) groups is 3. The number of piperidine rings is 1. The minimum atomic E-state index is -0.671. The topological polar surface area (TPSA) is 87.7 Å². The summed E-state index contributed by atoms with van der Waals surface area (Å²) in [7, 11) is 0. The van der Waals surface area contributed by atoms with Crippen LogP contribution in [0.5, 0.6) is 5.75 Å². The van der Waals surface area contributed by atoms with E-state index < -0.39 is 11.8 Å². The Morgan fingerprint density at radius 2 is 1.45 bits per heavy atom. The SMILES string of the molecule is CC(=O)Nc1ccc(NC(=O)C(=O)N2CCC(Oc3ccc(C)cc3)CC2)cc1. The third-order valence-electron chi connectivity index (χ3n) is 4.71. The van der Waals surface area contributed by atoms with Crippen molar-refractivity contribution in [3.63, 3.8) is 0 Å². The molecular formula is C22H25N3O4. The van der Waals surface area contributed by atoms with Gasteiger partial charge in [-0.3, -0.25) is 14.4 Å². The van der Waals surface area contributed by atoms with Crippen LogP contribution in [-0.4, -0.2) is 41.8 Å². The first-order chi connectivity index (χ1) is 13.9. The van der Waals surface area contributed by atoms with Crippen molar-refractivity contribution >= 4 is 29.1 Å². The van der Waals surface area contributed by atoms with Crippen molar-refractivity contribution in [3.05, 3.63) is 54.1 Å². The molecule has 2 N–H and O–H groups in total. The molecule has 2 aromatic rings. The molecule has 1 aliphatic rings. The molecule has 0 saturated carbocycles. The highest BCUT2D eigenvalue weighted by Gasteiger charge is 2.28. The van der Waals surface area contributed by atoms with E-state index in [0.717, 1.165) is 5.75 Å². The highest BCUT2D eigenvalue weighted by molar-refractivity contribution is 6.39. The molecule has 152 valence electrons. The second-order valence-electron chi connectivity index (χ2n) is 7.14. The molecular weight excluding hydrogens is 370 g/mol. The Kier molecular flexibility index (Phi) is 6.49.